The van der Waals surface area contributed by atoms with Crippen molar-refractivity contribution in [3.05, 3.63) is 33.8 Å². The number of carbonyl (C=O) groups excluding carboxylic acids is 2. The van der Waals surface area contributed by atoms with E-state index in [1.54, 1.807) is 39.0 Å². The molecule has 1 aromatic carbocycles. The Kier molecular flexibility index (Phi) is 5.20. The molecule has 4 nitrogen and oxygen atoms in total. The molecule has 0 aliphatic carbocycles. The third-order valence-corrected chi connectivity index (χ3v) is 2.74. The van der Waals surface area contributed by atoms with E-state index in [4.69, 9.17) is 23.2 Å². The molecule has 0 radical (unpaired) electrons. The number of hydrogen-bond acceptors (Lipinski definition) is 2. The van der Waals surface area contributed by atoms with Gasteiger partial charge in [-0.1, -0.05) is 29.3 Å². The maximum atomic E-state index is 11.6. The van der Waals surface area contributed by atoms with Crippen LogP contribution in [0, 0.1) is 0 Å². The quantitative estimate of drug-likeness (QED) is 0.825. The van der Waals surface area contributed by atoms with Gasteiger partial charge in [0.25, 0.3) is 0 Å². The first-order chi connectivity index (χ1) is 8.69. The van der Waals surface area contributed by atoms with Gasteiger partial charge in [0.1, 0.15) is 0 Å². The van der Waals surface area contributed by atoms with Crippen molar-refractivity contribution in [3.63, 3.8) is 0 Å². The van der Waals surface area contributed by atoms with Gasteiger partial charge in [0, 0.05) is 22.1 Å². The molecule has 0 saturated heterocycles. The number of carbonyl (C=O) groups is 2. The van der Waals surface area contributed by atoms with E-state index in [1.165, 1.54) is 0 Å². The van der Waals surface area contributed by atoms with Crippen LogP contribution in [0.15, 0.2) is 18.2 Å². The van der Waals surface area contributed by atoms with Crippen LogP contribution in [-0.2, 0) is 16.1 Å². The van der Waals surface area contributed by atoms with Crippen molar-refractivity contribution in [3.8, 4) is 0 Å². The summed E-state index contributed by atoms with van der Waals surface area (Å²) in [7, 11) is 0. The molecule has 0 saturated carbocycles. The minimum atomic E-state index is -0.694. The maximum Gasteiger partial charge on any atom is 0.309 e. The smallest absolute Gasteiger partial charge is 0.309 e. The van der Waals surface area contributed by atoms with Crippen LogP contribution < -0.4 is 10.6 Å². The van der Waals surface area contributed by atoms with Gasteiger partial charge < -0.3 is 10.6 Å². The van der Waals surface area contributed by atoms with Crippen LogP contribution in [0.5, 0.6) is 0 Å². The Labute approximate surface area is 122 Å². The van der Waals surface area contributed by atoms with Crippen molar-refractivity contribution in [2.24, 2.45) is 0 Å². The zero-order valence-corrected chi connectivity index (χ0v) is 12.5. The second-order valence-corrected chi connectivity index (χ2v) is 5.97. The molecule has 0 aliphatic heterocycles. The van der Waals surface area contributed by atoms with Gasteiger partial charge in [-0.2, -0.15) is 0 Å². The summed E-state index contributed by atoms with van der Waals surface area (Å²) in [5, 5.41) is 6.04. The monoisotopic (exact) mass is 302 g/mol. The predicted molar refractivity (Wildman–Crippen MR) is 76.2 cm³/mol. The van der Waals surface area contributed by atoms with Crippen molar-refractivity contribution < 1.29 is 9.59 Å². The first-order valence-corrected chi connectivity index (χ1v) is 6.49. The summed E-state index contributed by atoms with van der Waals surface area (Å²) in [6, 6.07) is 4.95. The van der Waals surface area contributed by atoms with Gasteiger partial charge in [-0.05, 0) is 38.5 Å². The van der Waals surface area contributed by atoms with E-state index < -0.39 is 17.4 Å². The molecule has 0 spiro atoms. The van der Waals surface area contributed by atoms with Gasteiger partial charge in [-0.3, -0.25) is 9.59 Å². The van der Waals surface area contributed by atoms with Crippen LogP contribution in [0.1, 0.15) is 26.3 Å². The van der Waals surface area contributed by atoms with Crippen LogP contribution in [0.25, 0.3) is 0 Å². The molecule has 2 amide bonds. The first-order valence-electron chi connectivity index (χ1n) is 5.73. The fourth-order valence-electron chi connectivity index (χ4n) is 1.32. The summed E-state index contributed by atoms with van der Waals surface area (Å²) in [5.41, 5.74) is 0.245. The van der Waals surface area contributed by atoms with Gasteiger partial charge in [0.2, 0.25) is 0 Å². The number of hydrogen-bond donors (Lipinski definition) is 2. The van der Waals surface area contributed by atoms with Crippen molar-refractivity contribution in [1.82, 2.24) is 10.6 Å². The SMILES string of the molecule is CC(C)(C)NC(=O)C(=O)NCc1ccc(Cl)cc1Cl. The molecule has 19 heavy (non-hydrogen) atoms. The van der Waals surface area contributed by atoms with E-state index >= 15 is 0 Å². The lowest BCUT2D eigenvalue weighted by atomic mass is 10.1. The van der Waals surface area contributed by atoms with Gasteiger partial charge in [0.05, 0.1) is 0 Å². The Morgan fingerprint density at radius 2 is 1.79 bits per heavy atom. The summed E-state index contributed by atoms with van der Waals surface area (Å²) in [4.78, 5) is 23.1. The lowest BCUT2D eigenvalue weighted by molar-refractivity contribution is -0.140. The zero-order chi connectivity index (χ0) is 14.6. The average molecular weight is 303 g/mol. The molecular weight excluding hydrogens is 287 g/mol. The molecule has 0 heterocycles. The Morgan fingerprint density at radius 3 is 2.32 bits per heavy atom. The van der Waals surface area contributed by atoms with E-state index in [1.807, 2.05) is 0 Å². The minimum absolute atomic E-state index is 0.173. The highest BCUT2D eigenvalue weighted by Crippen LogP contribution is 2.20. The lowest BCUT2D eigenvalue weighted by Crippen LogP contribution is -2.48. The van der Waals surface area contributed by atoms with Gasteiger partial charge >= 0.3 is 11.8 Å². The molecule has 0 aliphatic rings. The lowest BCUT2D eigenvalue weighted by Gasteiger charge is -2.19. The molecule has 0 bridgehead atoms. The van der Waals surface area contributed by atoms with Crippen LogP contribution in [0.2, 0.25) is 10.0 Å². The summed E-state index contributed by atoms with van der Waals surface area (Å²) < 4.78 is 0. The van der Waals surface area contributed by atoms with Gasteiger partial charge in [-0.15, -0.1) is 0 Å². The van der Waals surface area contributed by atoms with E-state index in [-0.39, 0.29) is 6.54 Å². The van der Waals surface area contributed by atoms with Crippen LogP contribution in [-0.4, -0.2) is 17.4 Å². The Bertz CT molecular complexity index is 496. The highest BCUT2D eigenvalue weighted by molar-refractivity contribution is 6.36. The molecule has 6 heteroatoms. The Morgan fingerprint density at radius 1 is 1.16 bits per heavy atom. The fourth-order valence-corrected chi connectivity index (χ4v) is 1.79. The summed E-state index contributed by atoms with van der Waals surface area (Å²) in [6.45, 7) is 5.57. The highest BCUT2D eigenvalue weighted by atomic mass is 35.5. The second kappa shape index (κ2) is 6.26. The Hall–Kier alpha value is -1.26. The second-order valence-electron chi connectivity index (χ2n) is 5.12. The molecule has 104 valence electrons. The first kappa shape index (κ1) is 15.8. The predicted octanol–water partition coefficient (Wildman–Crippen LogP) is 2.52. The molecule has 0 atom stereocenters. The van der Waals surface area contributed by atoms with Gasteiger partial charge in [0.15, 0.2) is 0 Å². The Balaban J connectivity index is 2.57. The topological polar surface area (TPSA) is 58.2 Å². The van der Waals surface area contributed by atoms with Crippen LogP contribution >= 0.6 is 23.2 Å². The normalized spacial score (nSPS) is 11.0. The van der Waals surface area contributed by atoms with Crippen molar-refractivity contribution in [1.29, 1.82) is 0 Å². The fraction of sp³-hybridized carbons (Fsp3) is 0.385. The van der Waals surface area contributed by atoms with Gasteiger partial charge in [-0.25, -0.2) is 0 Å². The average Bonchev–Trinajstić information content (AvgIpc) is 2.25. The van der Waals surface area contributed by atoms with E-state index in [0.29, 0.717) is 15.6 Å². The summed E-state index contributed by atoms with van der Waals surface area (Å²) in [5.74, 6) is -1.36. The molecule has 0 aromatic heterocycles. The summed E-state index contributed by atoms with van der Waals surface area (Å²) >= 11 is 11.7. The summed E-state index contributed by atoms with van der Waals surface area (Å²) in [6.07, 6.45) is 0. The number of amides is 2. The highest BCUT2D eigenvalue weighted by Gasteiger charge is 2.19. The largest absolute Gasteiger partial charge is 0.344 e. The van der Waals surface area contributed by atoms with E-state index in [0.717, 1.165) is 0 Å². The zero-order valence-electron chi connectivity index (χ0n) is 11.0. The minimum Gasteiger partial charge on any atom is -0.344 e. The van der Waals surface area contributed by atoms with E-state index in [9.17, 15) is 9.59 Å². The molecule has 0 fully saturated rings. The maximum absolute atomic E-state index is 11.6. The number of rotatable bonds is 2. The van der Waals surface area contributed by atoms with Crippen LogP contribution in [0.3, 0.4) is 0 Å². The number of nitrogens with one attached hydrogen (secondary N) is 2. The molecule has 1 aromatic rings. The molecule has 2 N–H and O–H groups in total. The molecule has 1 rings (SSSR count). The third kappa shape index (κ3) is 5.49. The molecule has 0 unspecified atom stereocenters. The van der Waals surface area contributed by atoms with Crippen molar-refractivity contribution in [2.75, 3.05) is 0 Å². The van der Waals surface area contributed by atoms with Crippen LogP contribution in [0.4, 0.5) is 0 Å². The molecular formula is C13H16Cl2N2O2. The van der Waals surface area contributed by atoms with Crippen molar-refractivity contribution in [2.45, 2.75) is 32.9 Å². The van der Waals surface area contributed by atoms with E-state index in [2.05, 4.69) is 10.6 Å². The number of halogens is 2. The third-order valence-electron chi connectivity index (χ3n) is 2.15. The number of benzene rings is 1. The standard InChI is InChI=1S/C13H16Cl2N2O2/c1-13(2,3)17-12(19)11(18)16-7-8-4-5-9(14)6-10(8)15/h4-6H,7H2,1-3H3,(H,16,18)(H,17,19). The van der Waals surface area contributed by atoms with Crippen molar-refractivity contribution >= 4 is 35.0 Å².